The lowest BCUT2D eigenvalue weighted by Gasteiger charge is -2.08. The van der Waals surface area contributed by atoms with Crippen LogP contribution in [0.25, 0.3) is 22.7 Å². The van der Waals surface area contributed by atoms with Crippen LogP contribution in [0.15, 0.2) is 42.7 Å². The molecule has 0 aliphatic carbocycles. The predicted octanol–water partition coefficient (Wildman–Crippen LogP) is 2.30. The highest BCUT2D eigenvalue weighted by atomic mass is 16.5. The van der Waals surface area contributed by atoms with Crippen LogP contribution in [0.4, 0.5) is 0 Å². The largest absolute Gasteiger partial charge is 0.504 e. The van der Waals surface area contributed by atoms with E-state index in [0.29, 0.717) is 11.1 Å². The third-order valence-electron chi connectivity index (χ3n) is 3.54. The molecule has 4 N–H and O–H groups in total. The number of phenols is 1. The van der Waals surface area contributed by atoms with E-state index in [2.05, 4.69) is 9.97 Å². The fourth-order valence-electron chi connectivity index (χ4n) is 2.39. The number of fused-ring (bicyclic) bond motifs is 1. The number of H-pyrrole nitrogens is 1. The number of nitrogens with two attached hydrogens (primary N) is 1. The van der Waals surface area contributed by atoms with Gasteiger partial charge in [0.1, 0.15) is 5.65 Å². The molecule has 0 fully saturated rings. The lowest BCUT2D eigenvalue weighted by atomic mass is 10.0. The number of carbonyl (C=O) groups is 1. The van der Waals surface area contributed by atoms with Crippen molar-refractivity contribution in [3.05, 3.63) is 53.9 Å². The highest BCUT2D eigenvalue weighted by Gasteiger charge is 2.13. The summed E-state index contributed by atoms with van der Waals surface area (Å²) in [6.45, 7) is 0. The minimum absolute atomic E-state index is 0.00337. The Labute approximate surface area is 132 Å². The Kier molecular flexibility index (Phi) is 3.72. The third kappa shape index (κ3) is 2.74. The standard InChI is InChI=1S/C17H15N3O3/c1-23-15-8-10(4-5-14(15)21)13(16(18)22)7-11-9-20-17-12(11)3-2-6-19-17/h2-9,21H,1H3,(H2,18,22)(H,19,20). The fraction of sp³-hybridized carbons (Fsp3) is 0.0588. The maximum Gasteiger partial charge on any atom is 0.249 e. The van der Waals surface area contributed by atoms with Crippen molar-refractivity contribution < 1.29 is 14.6 Å². The van der Waals surface area contributed by atoms with E-state index in [0.717, 1.165) is 16.6 Å². The number of nitrogens with zero attached hydrogens (tertiary/aromatic N) is 1. The van der Waals surface area contributed by atoms with Crippen LogP contribution in [0.2, 0.25) is 0 Å². The Morgan fingerprint density at radius 3 is 2.96 bits per heavy atom. The first kappa shape index (κ1) is 14.6. The molecule has 0 saturated carbocycles. The second-order valence-corrected chi connectivity index (χ2v) is 4.95. The lowest BCUT2D eigenvalue weighted by Crippen LogP contribution is -2.12. The topological polar surface area (TPSA) is 101 Å². The van der Waals surface area contributed by atoms with Crippen molar-refractivity contribution in [2.24, 2.45) is 5.73 Å². The number of amides is 1. The average Bonchev–Trinajstić information content (AvgIpc) is 2.96. The zero-order valence-electron chi connectivity index (χ0n) is 12.4. The summed E-state index contributed by atoms with van der Waals surface area (Å²) in [4.78, 5) is 19.1. The van der Waals surface area contributed by atoms with Crippen LogP contribution in [-0.2, 0) is 4.79 Å². The number of aromatic hydroxyl groups is 1. The van der Waals surface area contributed by atoms with Crippen LogP contribution in [-0.4, -0.2) is 28.1 Å². The molecule has 0 aliphatic rings. The Bertz CT molecular complexity index is 912. The van der Waals surface area contributed by atoms with Gasteiger partial charge in [0.25, 0.3) is 0 Å². The quantitative estimate of drug-likeness (QED) is 0.644. The van der Waals surface area contributed by atoms with Crippen LogP contribution < -0.4 is 10.5 Å². The molecule has 1 amide bonds. The van der Waals surface area contributed by atoms with Gasteiger partial charge in [-0.05, 0) is 35.9 Å². The van der Waals surface area contributed by atoms with Crippen molar-refractivity contribution in [1.82, 2.24) is 9.97 Å². The number of aromatic amines is 1. The molecule has 0 aliphatic heterocycles. The molecule has 3 aromatic rings. The first-order valence-corrected chi connectivity index (χ1v) is 6.91. The van der Waals surface area contributed by atoms with Gasteiger partial charge in [-0.15, -0.1) is 0 Å². The number of aromatic nitrogens is 2. The molecule has 23 heavy (non-hydrogen) atoms. The maximum absolute atomic E-state index is 11.9. The predicted molar refractivity (Wildman–Crippen MR) is 87.8 cm³/mol. The summed E-state index contributed by atoms with van der Waals surface area (Å²) in [6, 6.07) is 8.37. The van der Waals surface area contributed by atoms with Gasteiger partial charge >= 0.3 is 0 Å². The minimum atomic E-state index is -0.573. The zero-order valence-corrected chi connectivity index (χ0v) is 12.4. The number of primary amides is 1. The van der Waals surface area contributed by atoms with Crippen molar-refractivity contribution in [2.45, 2.75) is 0 Å². The number of ether oxygens (including phenoxy) is 1. The molecule has 0 radical (unpaired) electrons. The number of benzene rings is 1. The van der Waals surface area contributed by atoms with E-state index in [-0.39, 0.29) is 11.5 Å². The molecule has 0 spiro atoms. The normalized spacial score (nSPS) is 11.6. The molecule has 0 saturated heterocycles. The van der Waals surface area contributed by atoms with Gasteiger partial charge in [0.05, 0.1) is 7.11 Å². The Hall–Kier alpha value is -3.28. The second-order valence-electron chi connectivity index (χ2n) is 4.95. The molecule has 0 atom stereocenters. The van der Waals surface area contributed by atoms with Gasteiger partial charge in [-0.3, -0.25) is 4.79 Å². The van der Waals surface area contributed by atoms with E-state index in [1.807, 2.05) is 12.1 Å². The SMILES string of the molecule is COc1cc(C(=Cc2c[nH]c3ncccc23)C(N)=O)ccc1O. The van der Waals surface area contributed by atoms with E-state index in [4.69, 9.17) is 10.5 Å². The van der Waals surface area contributed by atoms with Gasteiger partial charge < -0.3 is 20.6 Å². The molecule has 2 aromatic heterocycles. The number of carbonyl (C=O) groups excluding carboxylic acids is 1. The molecule has 2 heterocycles. The Morgan fingerprint density at radius 2 is 2.22 bits per heavy atom. The summed E-state index contributed by atoms with van der Waals surface area (Å²) in [7, 11) is 1.44. The molecular formula is C17H15N3O3. The minimum Gasteiger partial charge on any atom is -0.504 e. The fourth-order valence-corrected chi connectivity index (χ4v) is 2.39. The first-order valence-electron chi connectivity index (χ1n) is 6.91. The zero-order chi connectivity index (χ0) is 16.4. The summed E-state index contributed by atoms with van der Waals surface area (Å²) in [6.07, 6.45) is 5.14. The third-order valence-corrected chi connectivity index (χ3v) is 3.54. The highest BCUT2D eigenvalue weighted by Crippen LogP contribution is 2.30. The van der Waals surface area contributed by atoms with E-state index in [9.17, 15) is 9.90 Å². The highest BCUT2D eigenvalue weighted by molar-refractivity contribution is 6.24. The van der Waals surface area contributed by atoms with Gasteiger partial charge in [0.15, 0.2) is 11.5 Å². The van der Waals surface area contributed by atoms with Crippen molar-refractivity contribution in [3.63, 3.8) is 0 Å². The summed E-state index contributed by atoms with van der Waals surface area (Å²) in [5.41, 5.74) is 7.92. The number of hydrogen-bond donors (Lipinski definition) is 3. The van der Waals surface area contributed by atoms with Crippen LogP contribution in [0.3, 0.4) is 0 Å². The van der Waals surface area contributed by atoms with E-state index in [1.54, 1.807) is 30.6 Å². The second kappa shape index (κ2) is 5.84. The van der Waals surface area contributed by atoms with E-state index in [1.165, 1.54) is 13.2 Å². The molecule has 1 aromatic carbocycles. The lowest BCUT2D eigenvalue weighted by molar-refractivity contribution is -0.112. The number of nitrogens with one attached hydrogen (secondary N) is 1. The summed E-state index contributed by atoms with van der Waals surface area (Å²) in [5.74, 6) is -0.303. The number of rotatable bonds is 4. The number of phenolic OH excluding ortho intramolecular Hbond substituents is 1. The van der Waals surface area contributed by atoms with Gasteiger partial charge in [-0.1, -0.05) is 6.07 Å². The Morgan fingerprint density at radius 1 is 1.39 bits per heavy atom. The van der Waals surface area contributed by atoms with Crippen molar-refractivity contribution in [2.75, 3.05) is 7.11 Å². The molecule has 6 nitrogen and oxygen atoms in total. The molecule has 0 unspecified atom stereocenters. The number of methoxy groups -OCH3 is 1. The van der Waals surface area contributed by atoms with Crippen molar-refractivity contribution in [1.29, 1.82) is 0 Å². The summed E-state index contributed by atoms with van der Waals surface area (Å²) < 4.78 is 5.08. The average molecular weight is 309 g/mol. The monoisotopic (exact) mass is 309 g/mol. The molecule has 116 valence electrons. The Balaban J connectivity index is 2.14. The molecule has 6 heteroatoms. The number of hydrogen-bond acceptors (Lipinski definition) is 4. The summed E-state index contributed by atoms with van der Waals surface area (Å²) in [5, 5.41) is 10.6. The summed E-state index contributed by atoms with van der Waals surface area (Å²) >= 11 is 0. The maximum atomic E-state index is 11.9. The smallest absolute Gasteiger partial charge is 0.249 e. The van der Waals surface area contributed by atoms with Gasteiger partial charge in [0.2, 0.25) is 5.91 Å². The van der Waals surface area contributed by atoms with Crippen LogP contribution in [0.1, 0.15) is 11.1 Å². The van der Waals surface area contributed by atoms with Crippen molar-refractivity contribution in [3.8, 4) is 11.5 Å². The molecule has 0 bridgehead atoms. The number of pyridine rings is 1. The molecule has 3 rings (SSSR count). The van der Waals surface area contributed by atoms with Crippen LogP contribution in [0.5, 0.6) is 11.5 Å². The van der Waals surface area contributed by atoms with Crippen molar-refractivity contribution >= 4 is 28.6 Å². The van der Waals surface area contributed by atoms with Gasteiger partial charge in [-0.2, -0.15) is 0 Å². The van der Waals surface area contributed by atoms with E-state index < -0.39 is 5.91 Å². The van der Waals surface area contributed by atoms with Crippen LogP contribution >= 0.6 is 0 Å². The van der Waals surface area contributed by atoms with Gasteiger partial charge in [0, 0.05) is 28.9 Å². The van der Waals surface area contributed by atoms with E-state index >= 15 is 0 Å². The van der Waals surface area contributed by atoms with Gasteiger partial charge in [-0.25, -0.2) is 4.98 Å². The molecular weight excluding hydrogens is 294 g/mol. The first-order chi connectivity index (χ1) is 11.1. The van der Waals surface area contributed by atoms with Crippen LogP contribution in [0, 0.1) is 0 Å².